The molecule has 0 N–H and O–H groups in total. The zero-order chi connectivity index (χ0) is 12.3. The van der Waals surface area contributed by atoms with Gasteiger partial charge in [-0.1, -0.05) is 5.16 Å². The molecule has 2 rings (SSSR count). The largest absolute Gasteiger partial charge is 0.357 e. The number of rotatable bonds is 4. The molecule has 0 atom stereocenters. The summed E-state index contributed by atoms with van der Waals surface area (Å²) in [6.45, 7) is 8.04. The Balaban J connectivity index is 2.42. The number of aromatic nitrogens is 3. The van der Waals surface area contributed by atoms with E-state index in [9.17, 15) is 0 Å². The van der Waals surface area contributed by atoms with Gasteiger partial charge in [0.1, 0.15) is 5.82 Å². The third kappa shape index (κ3) is 2.43. The third-order valence-corrected chi connectivity index (χ3v) is 2.64. The fourth-order valence-corrected chi connectivity index (χ4v) is 1.78. The number of aryl methyl sites for hydroxylation is 1. The smallest absolute Gasteiger partial charge is 0.257 e. The van der Waals surface area contributed by atoms with E-state index in [1.165, 1.54) is 6.33 Å². The first-order chi connectivity index (χ1) is 8.24. The Morgan fingerprint density at radius 1 is 1.24 bits per heavy atom. The van der Waals surface area contributed by atoms with Crippen molar-refractivity contribution in [1.82, 2.24) is 15.1 Å². The summed E-state index contributed by atoms with van der Waals surface area (Å²) >= 11 is 0. The first kappa shape index (κ1) is 11.6. The predicted octanol–water partition coefficient (Wildman–Crippen LogP) is 2.29. The fourth-order valence-electron chi connectivity index (χ4n) is 1.78. The molecule has 0 spiro atoms. The second-order valence-corrected chi connectivity index (χ2v) is 3.77. The van der Waals surface area contributed by atoms with Gasteiger partial charge in [-0.15, -0.1) is 0 Å². The maximum atomic E-state index is 5.07. The highest BCUT2D eigenvalue weighted by Crippen LogP contribution is 2.22. The quantitative estimate of drug-likeness (QED) is 0.809. The van der Waals surface area contributed by atoms with E-state index < -0.39 is 0 Å². The van der Waals surface area contributed by atoms with Gasteiger partial charge in [-0.2, -0.15) is 4.98 Å². The van der Waals surface area contributed by atoms with Crippen molar-refractivity contribution in [1.29, 1.82) is 0 Å². The zero-order valence-electron chi connectivity index (χ0n) is 10.3. The lowest BCUT2D eigenvalue weighted by Gasteiger charge is -2.20. The maximum Gasteiger partial charge on any atom is 0.257 e. The summed E-state index contributed by atoms with van der Waals surface area (Å²) in [5.41, 5.74) is 1.86. The summed E-state index contributed by atoms with van der Waals surface area (Å²) in [4.78, 5) is 10.8. The van der Waals surface area contributed by atoms with E-state index in [2.05, 4.69) is 33.9 Å². The summed E-state index contributed by atoms with van der Waals surface area (Å²) in [5, 5.41) is 3.62. The minimum atomic E-state index is 0.531. The van der Waals surface area contributed by atoms with Crippen molar-refractivity contribution in [2.75, 3.05) is 18.0 Å². The lowest BCUT2D eigenvalue weighted by atomic mass is 10.2. The third-order valence-electron chi connectivity index (χ3n) is 2.64. The average Bonchev–Trinajstić information content (AvgIpc) is 2.83. The molecule has 0 aliphatic carbocycles. The molecule has 2 heterocycles. The molecule has 5 nitrogen and oxygen atoms in total. The van der Waals surface area contributed by atoms with Crippen LogP contribution in [-0.4, -0.2) is 28.2 Å². The molecule has 0 saturated carbocycles. The minimum absolute atomic E-state index is 0.531. The molecule has 2 aromatic heterocycles. The highest BCUT2D eigenvalue weighted by atomic mass is 16.5. The van der Waals surface area contributed by atoms with Gasteiger partial charge in [-0.25, -0.2) is 4.98 Å². The normalized spacial score (nSPS) is 10.5. The number of hydrogen-bond acceptors (Lipinski definition) is 5. The Labute approximate surface area is 100 Å². The first-order valence-corrected chi connectivity index (χ1v) is 5.75. The first-order valence-electron chi connectivity index (χ1n) is 5.75. The Morgan fingerprint density at radius 3 is 2.59 bits per heavy atom. The van der Waals surface area contributed by atoms with Crippen LogP contribution in [-0.2, 0) is 0 Å². The van der Waals surface area contributed by atoms with Crippen LogP contribution in [0.1, 0.15) is 19.5 Å². The standard InChI is InChI=1S/C12H16N4O/c1-4-16(5-2)11-7-10(6-9(3)15-11)12-13-8-14-17-12/h6-8H,4-5H2,1-3H3. The van der Waals surface area contributed by atoms with Gasteiger partial charge in [-0.05, 0) is 32.9 Å². The Kier molecular flexibility index (Phi) is 3.37. The van der Waals surface area contributed by atoms with Crippen molar-refractivity contribution >= 4 is 5.82 Å². The van der Waals surface area contributed by atoms with E-state index >= 15 is 0 Å². The van der Waals surface area contributed by atoms with Crippen LogP contribution >= 0.6 is 0 Å². The van der Waals surface area contributed by atoms with Crippen LogP contribution in [0.4, 0.5) is 5.82 Å². The molecule has 90 valence electrons. The summed E-state index contributed by atoms with van der Waals surface area (Å²) < 4.78 is 5.07. The fraction of sp³-hybridized carbons (Fsp3) is 0.417. The van der Waals surface area contributed by atoms with Crippen LogP contribution in [0.15, 0.2) is 23.0 Å². The molecule has 0 saturated heterocycles. The minimum Gasteiger partial charge on any atom is -0.357 e. The molecular weight excluding hydrogens is 216 g/mol. The van der Waals surface area contributed by atoms with Gasteiger partial charge >= 0.3 is 0 Å². The van der Waals surface area contributed by atoms with Crippen LogP contribution < -0.4 is 4.90 Å². The van der Waals surface area contributed by atoms with Crippen molar-refractivity contribution in [3.05, 3.63) is 24.2 Å². The van der Waals surface area contributed by atoms with Crippen molar-refractivity contribution in [3.63, 3.8) is 0 Å². The van der Waals surface area contributed by atoms with E-state index in [1.54, 1.807) is 0 Å². The topological polar surface area (TPSA) is 55.1 Å². The van der Waals surface area contributed by atoms with E-state index in [1.807, 2.05) is 19.1 Å². The van der Waals surface area contributed by atoms with Crippen molar-refractivity contribution in [3.8, 4) is 11.5 Å². The van der Waals surface area contributed by atoms with Crippen molar-refractivity contribution in [2.24, 2.45) is 0 Å². The molecule has 0 radical (unpaired) electrons. The second-order valence-electron chi connectivity index (χ2n) is 3.77. The van der Waals surface area contributed by atoms with E-state index in [0.717, 1.165) is 30.2 Å². The van der Waals surface area contributed by atoms with Crippen LogP contribution in [0, 0.1) is 6.92 Å². The number of pyridine rings is 1. The molecule has 0 aliphatic heterocycles. The molecule has 0 aliphatic rings. The van der Waals surface area contributed by atoms with Crippen LogP contribution in [0.2, 0.25) is 0 Å². The molecule has 17 heavy (non-hydrogen) atoms. The Morgan fingerprint density at radius 2 is 2.00 bits per heavy atom. The van der Waals surface area contributed by atoms with Gasteiger partial charge in [0.25, 0.3) is 5.89 Å². The van der Waals surface area contributed by atoms with Crippen molar-refractivity contribution < 1.29 is 4.52 Å². The lowest BCUT2D eigenvalue weighted by Crippen LogP contribution is -2.23. The van der Waals surface area contributed by atoms with E-state index in [-0.39, 0.29) is 0 Å². The molecule has 5 heteroatoms. The number of nitrogens with zero attached hydrogens (tertiary/aromatic N) is 4. The zero-order valence-corrected chi connectivity index (χ0v) is 10.3. The summed E-state index contributed by atoms with van der Waals surface area (Å²) in [6.07, 6.45) is 1.40. The molecule has 0 fully saturated rings. The van der Waals surface area contributed by atoms with Gasteiger partial charge in [0.05, 0.1) is 0 Å². The second kappa shape index (κ2) is 4.95. The SMILES string of the molecule is CCN(CC)c1cc(-c2ncno2)cc(C)n1. The molecule has 0 amide bonds. The molecule has 0 bridgehead atoms. The highest BCUT2D eigenvalue weighted by Gasteiger charge is 2.10. The predicted molar refractivity (Wildman–Crippen MR) is 65.8 cm³/mol. The molecule has 2 aromatic rings. The van der Waals surface area contributed by atoms with Crippen molar-refractivity contribution in [2.45, 2.75) is 20.8 Å². The highest BCUT2D eigenvalue weighted by molar-refractivity contribution is 5.59. The monoisotopic (exact) mass is 232 g/mol. The van der Waals surface area contributed by atoms with E-state index in [4.69, 9.17) is 4.52 Å². The van der Waals surface area contributed by atoms with Crippen LogP contribution in [0.25, 0.3) is 11.5 Å². The Hall–Kier alpha value is -1.91. The van der Waals surface area contributed by atoms with Crippen LogP contribution in [0.5, 0.6) is 0 Å². The lowest BCUT2D eigenvalue weighted by molar-refractivity contribution is 0.430. The summed E-state index contributed by atoms with van der Waals surface area (Å²) in [6, 6.07) is 3.92. The number of hydrogen-bond donors (Lipinski definition) is 0. The van der Waals surface area contributed by atoms with Gasteiger partial charge in [0.2, 0.25) is 0 Å². The van der Waals surface area contributed by atoms with Gasteiger partial charge in [0, 0.05) is 24.3 Å². The average molecular weight is 232 g/mol. The molecule has 0 aromatic carbocycles. The molecular formula is C12H16N4O. The summed E-state index contributed by atoms with van der Waals surface area (Å²) in [7, 11) is 0. The Bertz CT molecular complexity index is 477. The number of anilines is 1. The van der Waals surface area contributed by atoms with Gasteiger partial charge in [0.15, 0.2) is 6.33 Å². The van der Waals surface area contributed by atoms with Gasteiger partial charge in [-0.3, -0.25) is 0 Å². The summed E-state index contributed by atoms with van der Waals surface area (Å²) in [5.74, 6) is 1.48. The maximum absolute atomic E-state index is 5.07. The molecule has 0 unspecified atom stereocenters. The van der Waals surface area contributed by atoms with E-state index in [0.29, 0.717) is 5.89 Å². The van der Waals surface area contributed by atoms with Crippen LogP contribution in [0.3, 0.4) is 0 Å². The van der Waals surface area contributed by atoms with Gasteiger partial charge < -0.3 is 9.42 Å².